The molecule has 0 saturated carbocycles. The molecule has 2 atom stereocenters. The minimum Gasteiger partial charge on any atom is -0.508 e. The highest BCUT2D eigenvalue weighted by molar-refractivity contribution is 5.99. The second kappa shape index (κ2) is 8.65. The van der Waals surface area contributed by atoms with Gasteiger partial charge in [0.25, 0.3) is 0 Å². The zero-order valence-electron chi connectivity index (χ0n) is 16.4. The van der Waals surface area contributed by atoms with Crippen molar-refractivity contribution in [3.05, 3.63) is 65.7 Å². The molecule has 2 rings (SSSR count). The largest absolute Gasteiger partial charge is 0.508 e. The van der Waals surface area contributed by atoms with Gasteiger partial charge < -0.3 is 14.9 Å². The zero-order chi connectivity index (χ0) is 20.1. The maximum Gasteiger partial charge on any atom is 0.191 e. The van der Waals surface area contributed by atoms with Crippen molar-refractivity contribution in [3.8, 4) is 5.75 Å². The average Bonchev–Trinajstić information content (AvgIpc) is 2.57. The van der Waals surface area contributed by atoms with Gasteiger partial charge in [-0.25, -0.2) is 0 Å². The van der Waals surface area contributed by atoms with Crippen molar-refractivity contribution >= 4 is 5.78 Å². The molecule has 0 amide bonds. The van der Waals surface area contributed by atoms with Crippen molar-refractivity contribution < 1.29 is 19.7 Å². The topological polar surface area (TPSA) is 78.8 Å². The Morgan fingerprint density at radius 1 is 1.07 bits per heavy atom. The van der Waals surface area contributed by atoms with Gasteiger partial charge in [0.2, 0.25) is 0 Å². The average molecular weight is 371 g/mol. The van der Waals surface area contributed by atoms with Crippen molar-refractivity contribution in [2.75, 3.05) is 6.61 Å². The van der Waals surface area contributed by atoms with Crippen LogP contribution in [0.4, 0.5) is 0 Å². The first-order valence-electron chi connectivity index (χ1n) is 9.06. The molecule has 0 bridgehead atoms. The van der Waals surface area contributed by atoms with Crippen LogP contribution in [0.15, 0.2) is 54.6 Å². The van der Waals surface area contributed by atoms with Gasteiger partial charge in [-0.2, -0.15) is 0 Å². The molecule has 2 unspecified atom stereocenters. The predicted molar refractivity (Wildman–Crippen MR) is 106 cm³/mol. The quantitative estimate of drug-likeness (QED) is 0.490. The van der Waals surface area contributed by atoms with Crippen LogP contribution in [0, 0.1) is 0 Å². The van der Waals surface area contributed by atoms with Crippen LogP contribution >= 0.6 is 0 Å². The fraction of sp³-hybridized carbons (Fsp3) is 0.409. The number of hydrogen-bond acceptors (Lipinski definition) is 5. The molecule has 3 N–H and O–H groups in total. The van der Waals surface area contributed by atoms with E-state index in [9.17, 15) is 15.0 Å². The van der Waals surface area contributed by atoms with Crippen LogP contribution in [-0.2, 0) is 11.2 Å². The van der Waals surface area contributed by atoms with Crippen LogP contribution in [0.25, 0.3) is 0 Å². The molecule has 2 aromatic carbocycles. The first kappa shape index (κ1) is 21.1. The summed E-state index contributed by atoms with van der Waals surface area (Å²) in [5.74, 6) is -0.0229. The fourth-order valence-electron chi connectivity index (χ4n) is 3.02. The number of ether oxygens (including phenoxy) is 1. The summed E-state index contributed by atoms with van der Waals surface area (Å²) in [7, 11) is 0. The van der Waals surface area contributed by atoms with Crippen molar-refractivity contribution in [2.45, 2.75) is 51.5 Å². The molecule has 0 aliphatic rings. The van der Waals surface area contributed by atoms with Gasteiger partial charge in [0.15, 0.2) is 5.78 Å². The number of aromatic hydroxyl groups is 1. The molecular formula is C22H29NO4. The lowest BCUT2D eigenvalue weighted by atomic mass is 9.99. The molecule has 5 nitrogen and oxygen atoms in total. The maximum atomic E-state index is 12.9. The van der Waals surface area contributed by atoms with Gasteiger partial charge in [0, 0.05) is 17.5 Å². The van der Waals surface area contributed by atoms with E-state index in [0.717, 1.165) is 5.56 Å². The molecule has 0 aromatic heterocycles. The van der Waals surface area contributed by atoms with Crippen molar-refractivity contribution in [1.82, 2.24) is 5.32 Å². The Bertz CT molecular complexity index is 750. The van der Waals surface area contributed by atoms with Gasteiger partial charge in [-0.1, -0.05) is 42.5 Å². The van der Waals surface area contributed by atoms with Crippen LogP contribution in [0.1, 0.15) is 43.6 Å². The van der Waals surface area contributed by atoms with Crippen molar-refractivity contribution in [1.29, 1.82) is 0 Å². The van der Waals surface area contributed by atoms with Crippen LogP contribution in [-0.4, -0.2) is 40.0 Å². The lowest BCUT2D eigenvalue weighted by Crippen LogP contribution is -2.55. The third kappa shape index (κ3) is 7.13. The van der Waals surface area contributed by atoms with Gasteiger partial charge in [-0.3, -0.25) is 10.1 Å². The number of carbonyl (C=O) groups is 1. The van der Waals surface area contributed by atoms with E-state index < -0.39 is 11.8 Å². The monoisotopic (exact) mass is 371 g/mol. The van der Waals surface area contributed by atoms with Gasteiger partial charge >= 0.3 is 0 Å². The minimum absolute atomic E-state index is 0.0493. The van der Waals surface area contributed by atoms with Crippen LogP contribution < -0.4 is 5.32 Å². The number of rotatable bonds is 8. The minimum atomic E-state index is -1.29. The molecular weight excluding hydrogens is 342 g/mol. The number of carbonyl (C=O) groups excluding carboxylic acids is 1. The highest BCUT2D eigenvalue weighted by Gasteiger charge is 2.30. The highest BCUT2D eigenvalue weighted by atomic mass is 16.5. The number of hydrogen-bond donors (Lipinski definition) is 3. The van der Waals surface area contributed by atoms with Crippen molar-refractivity contribution in [2.24, 2.45) is 0 Å². The van der Waals surface area contributed by atoms with E-state index in [4.69, 9.17) is 4.74 Å². The van der Waals surface area contributed by atoms with E-state index in [2.05, 4.69) is 5.32 Å². The second-order valence-corrected chi connectivity index (χ2v) is 8.05. The molecule has 27 heavy (non-hydrogen) atoms. The zero-order valence-corrected chi connectivity index (χ0v) is 16.4. The van der Waals surface area contributed by atoms with Crippen LogP contribution in [0.5, 0.6) is 5.75 Å². The molecule has 2 aromatic rings. The Labute approximate surface area is 161 Å². The number of phenols is 1. The first-order valence-corrected chi connectivity index (χ1v) is 9.06. The molecule has 5 heteroatoms. The number of aliphatic hydroxyl groups is 1. The summed E-state index contributed by atoms with van der Waals surface area (Å²) < 4.78 is 5.87. The van der Waals surface area contributed by atoms with Crippen LogP contribution in [0.2, 0.25) is 0 Å². The SMILES string of the molecule is CC(C)(C)NC(C)(O)COC(Cc1cccc(O)c1)C(=O)c1ccccc1. The molecule has 0 heterocycles. The molecule has 0 aliphatic heterocycles. The van der Waals surface area contributed by atoms with Gasteiger partial charge in [-0.15, -0.1) is 0 Å². The first-order chi connectivity index (χ1) is 12.6. The predicted octanol–water partition coefficient (Wildman–Crippen LogP) is 3.30. The Morgan fingerprint density at radius 3 is 2.33 bits per heavy atom. The van der Waals surface area contributed by atoms with Gasteiger partial charge in [0.05, 0.1) is 6.61 Å². The number of ketones is 1. The lowest BCUT2D eigenvalue weighted by Gasteiger charge is -2.34. The summed E-state index contributed by atoms with van der Waals surface area (Å²) >= 11 is 0. The third-order valence-electron chi connectivity index (χ3n) is 3.89. The summed E-state index contributed by atoms with van der Waals surface area (Å²) in [4.78, 5) is 12.9. The van der Waals surface area contributed by atoms with Gasteiger partial charge in [-0.05, 0) is 45.4 Å². The van der Waals surface area contributed by atoms with E-state index in [-0.39, 0.29) is 23.7 Å². The molecule has 0 saturated heterocycles. The fourth-order valence-corrected chi connectivity index (χ4v) is 3.02. The summed E-state index contributed by atoms with van der Waals surface area (Å²) in [5, 5.41) is 23.3. The molecule has 0 fully saturated rings. The summed E-state index contributed by atoms with van der Waals surface area (Å²) in [5.41, 5.74) is -0.262. The van der Waals surface area contributed by atoms with Gasteiger partial charge in [0.1, 0.15) is 17.6 Å². The summed E-state index contributed by atoms with van der Waals surface area (Å²) in [6.07, 6.45) is -0.476. The number of nitrogens with one attached hydrogen (secondary N) is 1. The van der Waals surface area contributed by atoms with Crippen molar-refractivity contribution in [3.63, 3.8) is 0 Å². The van der Waals surface area contributed by atoms with E-state index in [0.29, 0.717) is 12.0 Å². The highest BCUT2D eigenvalue weighted by Crippen LogP contribution is 2.18. The van der Waals surface area contributed by atoms with E-state index in [1.807, 2.05) is 32.9 Å². The Morgan fingerprint density at radius 2 is 1.74 bits per heavy atom. The Balaban J connectivity index is 2.17. The number of Topliss-reactive ketones (excluding diaryl/α,β-unsaturated/α-hetero) is 1. The Kier molecular flexibility index (Phi) is 6.76. The number of benzene rings is 2. The molecule has 0 radical (unpaired) electrons. The Hall–Kier alpha value is -2.21. The third-order valence-corrected chi connectivity index (χ3v) is 3.89. The van der Waals surface area contributed by atoms with E-state index in [1.54, 1.807) is 49.4 Å². The van der Waals surface area contributed by atoms with Crippen LogP contribution in [0.3, 0.4) is 0 Å². The molecule has 0 spiro atoms. The number of phenolic OH excluding ortho intramolecular Hbond substituents is 1. The summed E-state index contributed by atoms with van der Waals surface area (Å²) in [6.45, 7) is 7.41. The van der Waals surface area contributed by atoms with E-state index >= 15 is 0 Å². The lowest BCUT2D eigenvalue weighted by molar-refractivity contribution is -0.0842. The smallest absolute Gasteiger partial charge is 0.191 e. The van der Waals surface area contributed by atoms with E-state index in [1.165, 1.54) is 0 Å². The second-order valence-electron chi connectivity index (χ2n) is 8.05. The summed E-state index contributed by atoms with van der Waals surface area (Å²) in [6, 6.07) is 15.7. The molecule has 146 valence electrons. The standard InChI is InChI=1S/C22H29NO4/c1-21(2,3)23-22(4,26)15-27-19(14-16-9-8-12-18(24)13-16)20(25)17-10-6-5-7-11-17/h5-13,19,23-24,26H,14-15H2,1-4H3. The normalized spacial score (nSPS) is 15.1. The maximum absolute atomic E-state index is 12.9. The molecule has 0 aliphatic carbocycles.